The molecule has 0 saturated carbocycles. The maximum atomic E-state index is 3.65. The summed E-state index contributed by atoms with van der Waals surface area (Å²) in [7, 11) is 0. The van der Waals surface area contributed by atoms with E-state index < -0.39 is 0 Å². The standard InChI is InChI=1S/C14H19BrN2/c15-13-4-1-5-14-12(13)6-11-17(14)10-3-9-16-7-2-8-16/h1,4-5H,2-3,6-11H2. The lowest BCUT2D eigenvalue weighted by Crippen LogP contribution is -2.39. The average molecular weight is 295 g/mol. The lowest BCUT2D eigenvalue weighted by Gasteiger charge is -2.31. The van der Waals surface area contributed by atoms with Crippen LogP contribution in [0.2, 0.25) is 0 Å². The quantitative estimate of drug-likeness (QED) is 0.842. The summed E-state index contributed by atoms with van der Waals surface area (Å²) in [4.78, 5) is 5.10. The summed E-state index contributed by atoms with van der Waals surface area (Å²) < 4.78 is 1.28. The molecule has 2 aliphatic heterocycles. The van der Waals surface area contributed by atoms with Gasteiger partial charge in [-0.2, -0.15) is 0 Å². The van der Waals surface area contributed by atoms with Crippen LogP contribution in [0.15, 0.2) is 22.7 Å². The van der Waals surface area contributed by atoms with Gasteiger partial charge >= 0.3 is 0 Å². The van der Waals surface area contributed by atoms with Crippen molar-refractivity contribution >= 4 is 21.6 Å². The first kappa shape index (κ1) is 11.5. The molecule has 1 fully saturated rings. The zero-order chi connectivity index (χ0) is 11.7. The van der Waals surface area contributed by atoms with E-state index in [1.54, 1.807) is 0 Å². The Morgan fingerprint density at radius 2 is 2.00 bits per heavy atom. The van der Waals surface area contributed by atoms with Gasteiger partial charge in [0.2, 0.25) is 0 Å². The summed E-state index contributed by atoms with van der Waals surface area (Å²) in [6.45, 7) is 6.32. The fourth-order valence-corrected chi connectivity index (χ4v) is 3.33. The van der Waals surface area contributed by atoms with Gasteiger partial charge in [-0.3, -0.25) is 0 Å². The Labute approximate surface area is 112 Å². The van der Waals surface area contributed by atoms with Crippen LogP contribution in [0, 0.1) is 0 Å². The molecule has 0 amide bonds. The minimum atomic E-state index is 1.19. The molecule has 3 heteroatoms. The first-order valence-electron chi connectivity index (χ1n) is 6.59. The Morgan fingerprint density at radius 3 is 2.76 bits per heavy atom. The highest BCUT2D eigenvalue weighted by molar-refractivity contribution is 9.10. The number of hydrogen-bond donors (Lipinski definition) is 0. The highest BCUT2D eigenvalue weighted by Crippen LogP contribution is 2.33. The lowest BCUT2D eigenvalue weighted by atomic mass is 10.2. The van der Waals surface area contributed by atoms with Gasteiger partial charge < -0.3 is 9.80 Å². The number of halogens is 1. The molecular weight excluding hydrogens is 276 g/mol. The second-order valence-electron chi connectivity index (χ2n) is 5.02. The van der Waals surface area contributed by atoms with Crippen molar-refractivity contribution in [1.82, 2.24) is 4.90 Å². The van der Waals surface area contributed by atoms with Crippen LogP contribution in [0.5, 0.6) is 0 Å². The third kappa shape index (κ3) is 2.36. The van der Waals surface area contributed by atoms with E-state index in [0.29, 0.717) is 0 Å². The van der Waals surface area contributed by atoms with Gasteiger partial charge in [0.15, 0.2) is 0 Å². The molecule has 0 atom stereocenters. The largest absolute Gasteiger partial charge is 0.371 e. The maximum Gasteiger partial charge on any atom is 0.0410 e. The molecule has 2 nitrogen and oxygen atoms in total. The van der Waals surface area contributed by atoms with E-state index in [9.17, 15) is 0 Å². The van der Waals surface area contributed by atoms with Gasteiger partial charge in [-0.1, -0.05) is 22.0 Å². The molecule has 92 valence electrons. The molecule has 0 bridgehead atoms. The Kier molecular flexibility index (Phi) is 3.39. The summed E-state index contributed by atoms with van der Waals surface area (Å²) in [5, 5.41) is 0. The van der Waals surface area contributed by atoms with Crippen molar-refractivity contribution in [3.8, 4) is 0 Å². The van der Waals surface area contributed by atoms with Crippen molar-refractivity contribution in [3.63, 3.8) is 0 Å². The highest BCUT2D eigenvalue weighted by Gasteiger charge is 2.21. The lowest BCUT2D eigenvalue weighted by molar-refractivity contribution is 0.180. The van der Waals surface area contributed by atoms with Crippen LogP contribution in [0.25, 0.3) is 0 Å². The van der Waals surface area contributed by atoms with Crippen molar-refractivity contribution < 1.29 is 0 Å². The zero-order valence-corrected chi connectivity index (χ0v) is 11.7. The van der Waals surface area contributed by atoms with Gasteiger partial charge in [-0.05, 0) is 56.6 Å². The fourth-order valence-electron chi connectivity index (χ4n) is 2.78. The zero-order valence-electron chi connectivity index (χ0n) is 10.2. The van der Waals surface area contributed by atoms with Crippen LogP contribution in [-0.2, 0) is 6.42 Å². The maximum absolute atomic E-state index is 3.65. The Morgan fingerprint density at radius 1 is 1.12 bits per heavy atom. The summed E-state index contributed by atoms with van der Waals surface area (Å²) in [6, 6.07) is 6.57. The number of hydrogen-bond acceptors (Lipinski definition) is 2. The SMILES string of the molecule is Brc1cccc2c1CCN2CCCN1CCC1. The van der Waals surface area contributed by atoms with Gasteiger partial charge in [0.25, 0.3) is 0 Å². The molecule has 0 spiro atoms. The van der Waals surface area contributed by atoms with Crippen LogP contribution in [0.3, 0.4) is 0 Å². The van der Waals surface area contributed by atoms with Crippen LogP contribution >= 0.6 is 15.9 Å². The smallest absolute Gasteiger partial charge is 0.0410 e. The van der Waals surface area contributed by atoms with Gasteiger partial charge in [0.1, 0.15) is 0 Å². The number of fused-ring (bicyclic) bond motifs is 1. The molecule has 3 rings (SSSR count). The van der Waals surface area contributed by atoms with E-state index in [1.165, 1.54) is 67.7 Å². The average Bonchev–Trinajstić information content (AvgIpc) is 2.67. The molecule has 1 saturated heterocycles. The second-order valence-corrected chi connectivity index (χ2v) is 5.88. The molecule has 0 aromatic heterocycles. The second kappa shape index (κ2) is 4.99. The van der Waals surface area contributed by atoms with Crippen LogP contribution < -0.4 is 4.90 Å². The number of benzene rings is 1. The van der Waals surface area contributed by atoms with E-state index in [0.717, 1.165) is 0 Å². The summed E-state index contributed by atoms with van der Waals surface area (Å²) in [5.74, 6) is 0. The molecule has 1 aromatic carbocycles. The fraction of sp³-hybridized carbons (Fsp3) is 0.571. The van der Waals surface area contributed by atoms with E-state index in [-0.39, 0.29) is 0 Å². The minimum absolute atomic E-state index is 1.19. The molecule has 2 aliphatic rings. The third-order valence-electron chi connectivity index (χ3n) is 3.92. The van der Waals surface area contributed by atoms with E-state index in [4.69, 9.17) is 0 Å². The van der Waals surface area contributed by atoms with Crippen LogP contribution in [-0.4, -0.2) is 37.6 Å². The van der Waals surface area contributed by atoms with E-state index in [1.807, 2.05) is 0 Å². The predicted octanol–water partition coefficient (Wildman–Crippen LogP) is 2.91. The monoisotopic (exact) mass is 294 g/mol. The molecule has 2 heterocycles. The third-order valence-corrected chi connectivity index (χ3v) is 4.66. The topological polar surface area (TPSA) is 6.48 Å². The summed E-state index contributed by atoms with van der Waals surface area (Å²) in [5.41, 5.74) is 2.94. The number of anilines is 1. The van der Waals surface area contributed by atoms with Crippen LogP contribution in [0.4, 0.5) is 5.69 Å². The van der Waals surface area contributed by atoms with Gasteiger partial charge in [0, 0.05) is 23.2 Å². The number of likely N-dealkylation sites (tertiary alicyclic amines) is 1. The Balaban J connectivity index is 1.57. The van der Waals surface area contributed by atoms with Crippen molar-refractivity contribution in [2.24, 2.45) is 0 Å². The number of nitrogens with zero attached hydrogens (tertiary/aromatic N) is 2. The first-order valence-corrected chi connectivity index (χ1v) is 7.38. The van der Waals surface area contributed by atoms with Gasteiger partial charge in [-0.15, -0.1) is 0 Å². The molecule has 1 aromatic rings. The van der Waals surface area contributed by atoms with E-state index >= 15 is 0 Å². The van der Waals surface area contributed by atoms with E-state index in [2.05, 4.69) is 43.9 Å². The van der Waals surface area contributed by atoms with Crippen molar-refractivity contribution in [2.75, 3.05) is 37.6 Å². The predicted molar refractivity (Wildman–Crippen MR) is 75.7 cm³/mol. The molecular formula is C14H19BrN2. The molecule has 0 aliphatic carbocycles. The Bertz CT molecular complexity index is 401. The highest BCUT2D eigenvalue weighted by atomic mass is 79.9. The Hall–Kier alpha value is -0.540. The summed E-state index contributed by atoms with van der Waals surface area (Å²) in [6.07, 6.45) is 3.89. The van der Waals surface area contributed by atoms with Crippen molar-refractivity contribution in [3.05, 3.63) is 28.2 Å². The van der Waals surface area contributed by atoms with Gasteiger partial charge in [0.05, 0.1) is 0 Å². The molecule has 0 radical (unpaired) electrons. The van der Waals surface area contributed by atoms with Crippen molar-refractivity contribution in [2.45, 2.75) is 19.3 Å². The van der Waals surface area contributed by atoms with Crippen LogP contribution in [0.1, 0.15) is 18.4 Å². The molecule has 17 heavy (non-hydrogen) atoms. The molecule has 0 N–H and O–H groups in total. The first-order chi connectivity index (χ1) is 8.34. The normalized spacial score (nSPS) is 19.2. The number of rotatable bonds is 4. The van der Waals surface area contributed by atoms with Crippen molar-refractivity contribution in [1.29, 1.82) is 0 Å². The molecule has 0 unspecified atom stereocenters. The summed E-state index contributed by atoms with van der Waals surface area (Å²) >= 11 is 3.65. The van der Waals surface area contributed by atoms with Gasteiger partial charge in [-0.25, -0.2) is 0 Å². The minimum Gasteiger partial charge on any atom is -0.371 e.